The summed E-state index contributed by atoms with van der Waals surface area (Å²) in [5.41, 5.74) is -0.695. The first-order valence-corrected chi connectivity index (χ1v) is 6.68. The predicted molar refractivity (Wildman–Crippen MR) is 67.3 cm³/mol. The van der Waals surface area contributed by atoms with E-state index in [1.54, 1.807) is 13.8 Å². The lowest BCUT2D eigenvalue weighted by atomic mass is 10.0. The Bertz CT molecular complexity index is 346. The third-order valence-electron chi connectivity index (χ3n) is 3.44. The van der Waals surface area contributed by atoms with Gasteiger partial charge >= 0.3 is 12.0 Å². The smallest absolute Gasteiger partial charge is 0.318 e. The van der Waals surface area contributed by atoms with Crippen molar-refractivity contribution in [2.24, 2.45) is 5.92 Å². The Labute approximate surface area is 108 Å². The van der Waals surface area contributed by atoms with Crippen LogP contribution in [0.15, 0.2) is 0 Å². The molecule has 0 radical (unpaired) electrons. The summed E-state index contributed by atoms with van der Waals surface area (Å²) in [5.74, 6) is -0.223. The number of nitrogens with one attached hydrogen (secondary N) is 1. The van der Waals surface area contributed by atoms with Crippen molar-refractivity contribution in [1.29, 1.82) is 0 Å². The molecule has 5 nitrogen and oxygen atoms in total. The summed E-state index contributed by atoms with van der Waals surface area (Å²) < 4.78 is 0. The largest absolute Gasteiger partial charge is 0.481 e. The van der Waals surface area contributed by atoms with Gasteiger partial charge in [-0.05, 0) is 45.4 Å². The molecule has 5 heteroatoms. The Balaban J connectivity index is 1.89. The molecule has 0 aromatic carbocycles. The van der Waals surface area contributed by atoms with Crippen molar-refractivity contribution in [2.45, 2.75) is 57.5 Å². The van der Waals surface area contributed by atoms with E-state index in [0.29, 0.717) is 12.0 Å². The van der Waals surface area contributed by atoms with Crippen LogP contribution in [0.5, 0.6) is 0 Å². The second-order valence-corrected chi connectivity index (χ2v) is 6.21. The molecule has 0 saturated heterocycles. The minimum absolute atomic E-state index is 0.0549. The molecule has 18 heavy (non-hydrogen) atoms. The minimum atomic E-state index is -0.888. The topological polar surface area (TPSA) is 69.6 Å². The van der Waals surface area contributed by atoms with E-state index in [4.69, 9.17) is 5.11 Å². The van der Waals surface area contributed by atoms with Crippen LogP contribution in [0.3, 0.4) is 0 Å². The van der Waals surface area contributed by atoms with Gasteiger partial charge in [0.15, 0.2) is 0 Å². The van der Waals surface area contributed by atoms with Gasteiger partial charge < -0.3 is 15.3 Å². The first kappa shape index (κ1) is 13.2. The number of aliphatic carboxylic acids is 1. The van der Waals surface area contributed by atoms with E-state index in [0.717, 1.165) is 19.4 Å². The molecule has 2 N–H and O–H groups in total. The molecule has 0 aromatic rings. The summed E-state index contributed by atoms with van der Waals surface area (Å²) in [5, 5.41) is 11.7. The molecule has 2 amide bonds. The fraction of sp³-hybridized carbons (Fsp3) is 0.846. The van der Waals surface area contributed by atoms with Crippen LogP contribution >= 0.6 is 0 Å². The van der Waals surface area contributed by atoms with Crippen LogP contribution in [0.4, 0.5) is 4.79 Å². The molecular formula is C13H22N2O3. The summed E-state index contributed by atoms with van der Waals surface area (Å²) >= 11 is 0. The Morgan fingerprint density at radius 1 is 1.28 bits per heavy atom. The van der Waals surface area contributed by atoms with E-state index in [2.05, 4.69) is 5.32 Å². The molecule has 2 saturated carbocycles. The average molecular weight is 254 g/mol. The van der Waals surface area contributed by atoms with Crippen molar-refractivity contribution in [2.75, 3.05) is 6.54 Å². The molecule has 0 aliphatic heterocycles. The molecule has 2 aliphatic carbocycles. The van der Waals surface area contributed by atoms with Crippen LogP contribution < -0.4 is 5.32 Å². The van der Waals surface area contributed by atoms with Gasteiger partial charge in [0.2, 0.25) is 0 Å². The van der Waals surface area contributed by atoms with Gasteiger partial charge in [0, 0.05) is 18.1 Å². The third kappa shape index (κ3) is 3.89. The zero-order chi connectivity index (χ0) is 13.3. The fourth-order valence-electron chi connectivity index (χ4n) is 2.15. The van der Waals surface area contributed by atoms with Crippen LogP contribution in [0, 0.1) is 5.92 Å². The highest BCUT2D eigenvalue weighted by Gasteiger charge is 2.38. The highest BCUT2D eigenvalue weighted by Crippen LogP contribution is 2.35. The van der Waals surface area contributed by atoms with Gasteiger partial charge in [-0.2, -0.15) is 0 Å². The molecule has 2 aliphatic rings. The molecule has 0 spiro atoms. The Morgan fingerprint density at radius 2 is 1.89 bits per heavy atom. The van der Waals surface area contributed by atoms with Crippen molar-refractivity contribution in [1.82, 2.24) is 10.2 Å². The van der Waals surface area contributed by atoms with Crippen molar-refractivity contribution in [3.63, 3.8) is 0 Å². The van der Waals surface area contributed by atoms with Gasteiger partial charge in [-0.3, -0.25) is 4.79 Å². The maximum Gasteiger partial charge on any atom is 0.318 e. The normalized spacial score (nSPS) is 19.4. The standard InChI is InChI=1S/C13H22N2O3/c1-13(2,7-11(16)17)14-12(18)15(10-5-6-10)8-9-3-4-9/h9-10H,3-8H2,1-2H3,(H,14,18)(H,16,17). The van der Waals surface area contributed by atoms with Crippen molar-refractivity contribution < 1.29 is 14.7 Å². The summed E-state index contributed by atoms with van der Waals surface area (Å²) in [6, 6.07) is 0.280. The van der Waals surface area contributed by atoms with Crippen LogP contribution in [-0.2, 0) is 4.79 Å². The molecule has 102 valence electrons. The first-order valence-electron chi connectivity index (χ1n) is 6.68. The zero-order valence-corrected chi connectivity index (χ0v) is 11.1. The molecule has 0 unspecified atom stereocenters. The number of urea groups is 1. The highest BCUT2D eigenvalue weighted by molar-refractivity contribution is 5.77. The number of carbonyl (C=O) groups is 2. The Kier molecular flexibility index (Phi) is 3.50. The van der Waals surface area contributed by atoms with Crippen LogP contribution in [-0.4, -0.2) is 40.1 Å². The van der Waals surface area contributed by atoms with Crippen LogP contribution in [0.25, 0.3) is 0 Å². The molecule has 0 atom stereocenters. The van der Waals surface area contributed by atoms with E-state index in [1.165, 1.54) is 12.8 Å². The van der Waals surface area contributed by atoms with E-state index in [9.17, 15) is 9.59 Å². The maximum atomic E-state index is 12.2. The van der Waals surface area contributed by atoms with Gasteiger partial charge in [-0.15, -0.1) is 0 Å². The average Bonchev–Trinajstić information content (AvgIpc) is 3.06. The lowest BCUT2D eigenvalue weighted by molar-refractivity contribution is -0.138. The van der Waals surface area contributed by atoms with Gasteiger partial charge in [0.05, 0.1) is 6.42 Å². The predicted octanol–water partition coefficient (Wildman–Crippen LogP) is 1.82. The summed E-state index contributed by atoms with van der Waals surface area (Å²) in [7, 11) is 0. The second kappa shape index (κ2) is 4.78. The van der Waals surface area contributed by atoms with Gasteiger partial charge in [0.25, 0.3) is 0 Å². The van der Waals surface area contributed by atoms with Crippen LogP contribution in [0.2, 0.25) is 0 Å². The van der Waals surface area contributed by atoms with Gasteiger partial charge in [0.1, 0.15) is 0 Å². The number of hydrogen-bond donors (Lipinski definition) is 2. The third-order valence-corrected chi connectivity index (χ3v) is 3.44. The summed E-state index contributed by atoms with van der Waals surface area (Å²) in [6.45, 7) is 4.34. The van der Waals surface area contributed by atoms with Crippen molar-refractivity contribution >= 4 is 12.0 Å². The van der Waals surface area contributed by atoms with E-state index >= 15 is 0 Å². The minimum Gasteiger partial charge on any atom is -0.481 e. The molecular weight excluding hydrogens is 232 g/mol. The number of amides is 2. The number of carbonyl (C=O) groups excluding carboxylic acids is 1. The molecule has 0 aromatic heterocycles. The maximum absolute atomic E-state index is 12.2. The van der Waals surface area contributed by atoms with E-state index < -0.39 is 11.5 Å². The molecule has 2 fully saturated rings. The summed E-state index contributed by atoms with van der Waals surface area (Å²) in [6.07, 6.45) is 4.55. The molecule has 2 rings (SSSR count). The SMILES string of the molecule is CC(C)(CC(=O)O)NC(=O)N(CC1CC1)C1CC1. The molecule has 0 bridgehead atoms. The van der Waals surface area contributed by atoms with Gasteiger partial charge in [-0.1, -0.05) is 0 Å². The van der Waals surface area contributed by atoms with Gasteiger partial charge in [-0.25, -0.2) is 4.79 Å². The monoisotopic (exact) mass is 254 g/mol. The number of carboxylic acid groups (broad SMARTS) is 1. The Hall–Kier alpha value is -1.26. The van der Waals surface area contributed by atoms with Crippen molar-refractivity contribution in [3.8, 4) is 0 Å². The number of hydrogen-bond acceptors (Lipinski definition) is 2. The summed E-state index contributed by atoms with van der Waals surface area (Å²) in [4.78, 5) is 24.8. The second-order valence-electron chi connectivity index (χ2n) is 6.21. The Morgan fingerprint density at radius 3 is 2.33 bits per heavy atom. The lowest BCUT2D eigenvalue weighted by Crippen LogP contribution is -2.52. The number of nitrogens with zero attached hydrogens (tertiary/aromatic N) is 1. The van der Waals surface area contributed by atoms with E-state index in [-0.39, 0.29) is 12.5 Å². The highest BCUT2D eigenvalue weighted by atomic mass is 16.4. The first-order chi connectivity index (χ1) is 8.37. The quantitative estimate of drug-likeness (QED) is 0.759. The number of rotatable bonds is 6. The van der Waals surface area contributed by atoms with Crippen LogP contribution in [0.1, 0.15) is 46.0 Å². The zero-order valence-electron chi connectivity index (χ0n) is 11.1. The fourth-order valence-corrected chi connectivity index (χ4v) is 2.15. The number of carboxylic acids is 1. The van der Waals surface area contributed by atoms with E-state index in [1.807, 2.05) is 4.90 Å². The molecule has 0 heterocycles. The lowest BCUT2D eigenvalue weighted by Gasteiger charge is -2.30. The van der Waals surface area contributed by atoms with Crippen molar-refractivity contribution in [3.05, 3.63) is 0 Å².